The number of ketones is 1. The van der Waals surface area contributed by atoms with Gasteiger partial charge in [-0.3, -0.25) is 10.1 Å². The summed E-state index contributed by atoms with van der Waals surface area (Å²) in [5, 5.41) is 2.74. The van der Waals surface area contributed by atoms with E-state index in [-0.39, 0.29) is 22.6 Å². The highest BCUT2D eigenvalue weighted by molar-refractivity contribution is 8.00. The Kier molecular flexibility index (Phi) is 6.82. The molecular formula is C22H22ClN5O2S. The van der Waals surface area contributed by atoms with Crippen LogP contribution in [0.2, 0.25) is 5.02 Å². The first-order valence-electron chi connectivity index (χ1n) is 9.40. The van der Waals surface area contributed by atoms with E-state index < -0.39 is 11.8 Å². The van der Waals surface area contributed by atoms with Crippen molar-refractivity contribution in [3.63, 3.8) is 0 Å². The van der Waals surface area contributed by atoms with Crippen LogP contribution >= 0.6 is 23.5 Å². The average molecular weight is 456 g/mol. The molecule has 0 unspecified atom stereocenters. The zero-order valence-electron chi connectivity index (χ0n) is 17.3. The summed E-state index contributed by atoms with van der Waals surface area (Å²) in [4.78, 5) is 33.4. The van der Waals surface area contributed by atoms with Crippen molar-refractivity contribution in [2.75, 3.05) is 10.0 Å². The highest BCUT2D eigenvalue weighted by atomic mass is 35.5. The monoisotopic (exact) mass is 455 g/mol. The van der Waals surface area contributed by atoms with Crippen molar-refractivity contribution < 1.29 is 9.59 Å². The van der Waals surface area contributed by atoms with Crippen LogP contribution in [0.5, 0.6) is 0 Å². The summed E-state index contributed by atoms with van der Waals surface area (Å²) in [5.74, 6) is -0.244. The molecule has 9 heteroatoms. The van der Waals surface area contributed by atoms with Crippen LogP contribution in [0.15, 0.2) is 59.6 Å². The van der Waals surface area contributed by atoms with Crippen molar-refractivity contribution in [3.8, 4) is 0 Å². The number of primary amides is 1. The molecule has 0 aliphatic rings. The number of urea groups is 1. The van der Waals surface area contributed by atoms with Gasteiger partial charge < -0.3 is 10.5 Å². The number of amides is 2. The van der Waals surface area contributed by atoms with Gasteiger partial charge in [0, 0.05) is 11.1 Å². The van der Waals surface area contributed by atoms with Crippen LogP contribution in [0.1, 0.15) is 42.5 Å². The van der Waals surface area contributed by atoms with E-state index in [1.165, 1.54) is 35.8 Å². The summed E-state index contributed by atoms with van der Waals surface area (Å²) in [6.07, 6.45) is 1.40. The number of hydrogen-bond acceptors (Lipinski definition) is 6. The molecule has 1 aromatic carbocycles. The Hall–Kier alpha value is -3.10. The van der Waals surface area contributed by atoms with E-state index in [4.69, 9.17) is 17.3 Å². The molecule has 3 aromatic rings. The minimum atomic E-state index is -0.766. The summed E-state index contributed by atoms with van der Waals surface area (Å²) in [6.45, 7) is 6.47. The van der Waals surface area contributed by atoms with Crippen LogP contribution < -0.4 is 15.8 Å². The van der Waals surface area contributed by atoms with Gasteiger partial charge in [0.1, 0.15) is 17.2 Å². The molecule has 7 nitrogen and oxygen atoms in total. The molecule has 0 saturated heterocycles. The number of nitrogens with two attached hydrogens (primary N) is 1. The Balaban J connectivity index is 1.82. The van der Waals surface area contributed by atoms with Crippen LogP contribution in [-0.4, -0.2) is 21.8 Å². The highest BCUT2D eigenvalue weighted by Gasteiger charge is 2.19. The van der Waals surface area contributed by atoms with Crippen molar-refractivity contribution in [2.24, 2.45) is 5.73 Å². The Labute approximate surface area is 189 Å². The Morgan fingerprint density at radius 1 is 1.10 bits per heavy atom. The van der Waals surface area contributed by atoms with Gasteiger partial charge >= 0.3 is 6.03 Å². The average Bonchev–Trinajstić information content (AvgIpc) is 2.71. The maximum atomic E-state index is 13.0. The van der Waals surface area contributed by atoms with E-state index in [2.05, 4.69) is 52.9 Å². The number of nitrogens with one attached hydrogen (secondary N) is 2. The fraction of sp³-hybridized carbons (Fsp3) is 0.182. The predicted molar refractivity (Wildman–Crippen MR) is 125 cm³/mol. The minimum absolute atomic E-state index is 0.0675. The van der Waals surface area contributed by atoms with Crippen LogP contribution in [0.4, 0.5) is 16.3 Å². The largest absolute Gasteiger partial charge is 0.351 e. The maximum absolute atomic E-state index is 13.0. The van der Waals surface area contributed by atoms with Gasteiger partial charge in [0.05, 0.1) is 10.7 Å². The number of anilines is 2. The molecule has 0 atom stereocenters. The lowest BCUT2D eigenvalue weighted by atomic mass is 9.87. The van der Waals surface area contributed by atoms with E-state index in [9.17, 15) is 9.59 Å². The highest BCUT2D eigenvalue weighted by Crippen LogP contribution is 2.29. The summed E-state index contributed by atoms with van der Waals surface area (Å²) in [6, 6.07) is 13.7. The molecule has 2 aromatic heterocycles. The zero-order chi connectivity index (χ0) is 22.6. The fourth-order valence-electron chi connectivity index (χ4n) is 2.71. The second kappa shape index (κ2) is 9.36. The summed E-state index contributed by atoms with van der Waals surface area (Å²) in [5.41, 5.74) is 7.14. The minimum Gasteiger partial charge on any atom is -0.351 e. The third kappa shape index (κ3) is 5.96. The van der Waals surface area contributed by atoms with Gasteiger partial charge in [0.25, 0.3) is 0 Å². The van der Waals surface area contributed by atoms with E-state index in [0.717, 1.165) is 4.90 Å². The molecule has 2 heterocycles. The molecule has 0 aliphatic heterocycles. The molecule has 0 spiro atoms. The maximum Gasteiger partial charge on any atom is 0.317 e. The number of halogens is 1. The van der Waals surface area contributed by atoms with Gasteiger partial charge in [-0.1, -0.05) is 50.6 Å². The number of carbonyl (C=O) groups is 2. The lowest BCUT2D eigenvalue weighted by Gasteiger charge is -2.19. The quantitative estimate of drug-likeness (QED) is 0.345. The van der Waals surface area contributed by atoms with E-state index in [0.29, 0.717) is 10.7 Å². The van der Waals surface area contributed by atoms with Crippen molar-refractivity contribution in [3.05, 3.63) is 76.7 Å². The molecule has 0 saturated carbocycles. The van der Waals surface area contributed by atoms with Crippen LogP contribution in [0.25, 0.3) is 0 Å². The molecule has 2 amide bonds. The molecule has 0 radical (unpaired) electrons. The van der Waals surface area contributed by atoms with Crippen LogP contribution in [-0.2, 0) is 5.41 Å². The molecule has 160 valence electrons. The lowest BCUT2D eigenvalue weighted by Crippen LogP contribution is -2.20. The molecular weight excluding hydrogens is 434 g/mol. The van der Waals surface area contributed by atoms with Crippen molar-refractivity contribution in [1.29, 1.82) is 0 Å². The molecule has 31 heavy (non-hydrogen) atoms. The number of aromatic nitrogens is 2. The number of nitrogens with zero attached hydrogens (tertiary/aromatic N) is 2. The normalized spacial score (nSPS) is 11.1. The van der Waals surface area contributed by atoms with Crippen molar-refractivity contribution in [1.82, 2.24) is 9.97 Å². The van der Waals surface area contributed by atoms with E-state index >= 15 is 0 Å². The van der Waals surface area contributed by atoms with Crippen LogP contribution in [0, 0.1) is 0 Å². The standard InChI is InChI=1S/C22H22ClN5O2S/c1-22(2,3)13-7-9-15(10-8-13)31-28-17-11-14(23)12-25-19(17)20(29)16-5-4-6-18(26-16)27-21(24)30/h4-12,28H,1-3H3,(H3,24,26,27,30). The van der Waals surface area contributed by atoms with Crippen LogP contribution in [0.3, 0.4) is 0 Å². The van der Waals surface area contributed by atoms with Gasteiger partial charge in [-0.15, -0.1) is 0 Å². The molecule has 3 rings (SSSR count). The number of pyridine rings is 2. The Morgan fingerprint density at radius 2 is 1.81 bits per heavy atom. The first-order chi connectivity index (χ1) is 14.6. The van der Waals surface area contributed by atoms with Gasteiger partial charge in [0.2, 0.25) is 5.78 Å². The number of rotatable bonds is 6. The Morgan fingerprint density at radius 3 is 2.45 bits per heavy atom. The molecule has 4 N–H and O–H groups in total. The third-order valence-corrected chi connectivity index (χ3v) is 5.34. The smallest absolute Gasteiger partial charge is 0.317 e. The first-order valence-corrected chi connectivity index (χ1v) is 10.6. The molecule has 0 bridgehead atoms. The SMILES string of the molecule is CC(C)(C)c1ccc(SNc2cc(Cl)cnc2C(=O)c2cccc(NC(N)=O)n2)cc1. The third-order valence-electron chi connectivity index (χ3n) is 4.30. The summed E-state index contributed by atoms with van der Waals surface area (Å²) < 4.78 is 3.16. The second-order valence-corrected chi connectivity index (χ2v) is 9.07. The van der Waals surface area contributed by atoms with Gasteiger partial charge in [-0.25, -0.2) is 14.8 Å². The topological polar surface area (TPSA) is 110 Å². The number of benzene rings is 1. The molecule has 0 fully saturated rings. The van der Waals surface area contributed by atoms with Crippen molar-refractivity contribution >= 4 is 46.9 Å². The first kappa shape index (κ1) is 22.6. The lowest BCUT2D eigenvalue weighted by molar-refractivity contribution is 0.103. The van der Waals surface area contributed by atoms with E-state index in [1.807, 2.05) is 12.1 Å². The molecule has 0 aliphatic carbocycles. The van der Waals surface area contributed by atoms with E-state index in [1.54, 1.807) is 12.1 Å². The fourth-order valence-corrected chi connectivity index (χ4v) is 3.53. The predicted octanol–water partition coefficient (Wildman–Crippen LogP) is 5.27. The second-order valence-electron chi connectivity index (χ2n) is 7.75. The Bertz CT molecular complexity index is 1110. The number of carbonyl (C=O) groups excluding carboxylic acids is 2. The zero-order valence-corrected chi connectivity index (χ0v) is 18.8. The van der Waals surface area contributed by atoms with Gasteiger partial charge in [-0.2, -0.15) is 0 Å². The summed E-state index contributed by atoms with van der Waals surface area (Å²) in [7, 11) is 0. The number of hydrogen-bond donors (Lipinski definition) is 3. The van der Waals surface area contributed by atoms with Crippen molar-refractivity contribution in [2.45, 2.75) is 31.1 Å². The van der Waals surface area contributed by atoms with Gasteiger partial charge in [-0.05, 0) is 53.3 Å². The van der Waals surface area contributed by atoms with Gasteiger partial charge in [0.15, 0.2) is 0 Å². The summed E-state index contributed by atoms with van der Waals surface area (Å²) >= 11 is 7.45.